The SMILES string of the molecule is C#CC.C/C=N\N1C=CC(Oc2ccc(Nc3ncnc4ccc(C)c(OCC(CCCC)OCCC)c34)cc2C)=CC1. The number of ether oxygens (including phenoxy) is 3. The molecule has 1 unspecified atom stereocenters. The highest BCUT2D eigenvalue weighted by Crippen LogP contribution is 2.35. The van der Waals surface area contributed by atoms with Gasteiger partial charge in [0.1, 0.15) is 36.0 Å². The fourth-order valence-corrected chi connectivity index (χ4v) is 4.50. The van der Waals surface area contributed by atoms with E-state index >= 15 is 0 Å². The molecule has 2 aromatic carbocycles. The Labute approximate surface area is 256 Å². The number of anilines is 2. The van der Waals surface area contributed by atoms with Crippen LogP contribution in [-0.4, -0.2) is 47.1 Å². The van der Waals surface area contributed by atoms with Gasteiger partial charge in [-0.3, -0.25) is 5.01 Å². The summed E-state index contributed by atoms with van der Waals surface area (Å²) < 4.78 is 18.7. The second-order valence-corrected chi connectivity index (χ2v) is 10.2. The van der Waals surface area contributed by atoms with Crippen LogP contribution in [0.3, 0.4) is 0 Å². The van der Waals surface area contributed by atoms with Crippen molar-refractivity contribution in [2.75, 3.05) is 25.1 Å². The summed E-state index contributed by atoms with van der Waals surface area (Å²) in [5.74, 6) is 5.33. The van der Waals surface area contributed by atoms with E-state index in [-0.39, 0.29) is 6.10 Å². The molecule has 0 radical (unpaired) electrons. The van der Waals surface area contributed by atoms with Crippen LogP contribution >= 0.6 is 0 Å². The van der Waals surface area contributed by atoms with E-state index in [0.29, 0.717) is 19.0 Å². The van der Waals surface area contributed by atoms with Crippen LogP contribution < -0.4 is 14.8 Å². The number of terminal acetylenes is 1. The molecule has 0 saturated carbocycles. The molecular weight excluding hydrogens is 538 g/mol. The molecule has 43 heavy (non-hydrogen) atoms. The minimum atomic E-state index is 0.0577. The standard InChI is InChI=1S/C32H41N5O3.C3H4/c1-6-9-10-27(38-19-7-2)21-39-31-23(4)11-13-28-30(31)32(34-22-33-28)36-25-12-14-29(24(5)20-25)40-26-15-17-37(18-16-26)35-8-3;1-3-2/h8,11-17,20,22,27H,6-7,9-10,18-19,21H2,1-5H3,(H,33,34,36);1H,2H3/b35-8-;. The first kappa shape index (κ1) is 33.2. The maximum atomic E-state index is 6.45. The van der Waals surface area contributed by atoms with E-state index in [1.807, 2.05) is 61.5 Å². The van der Waals surface area contributed by atoms with Gasteiger partial charge < -0.3 is 19.5 Å². The van der Waals surface area contributed by atoms with Crippen LogP contribution in [0, 0.1) is 26.2 Å². The molecule has 228 valence electrons. The zero-order valence-electron chi connectivity index (χ0n) is 26.4. The quantitative estimate of drug-likeness (QED) is 0.152. The van der Waals surface area contributed by atoms with Crippen LogP contribution in [0.1, 0.15) is 64.5 Å². The number of aryl methyl sites for hydroxylation is 2. The van der Waals surface area contributed by atoms with Gasteiger partial charge in [0, 0.05) is 24.7 Å². The normalized spacial score (nSPS) is 13.2. The monoisotopic (exact) mass is 583 g/mol. The van der Waals surface area contributed by atoms with Gasteiger partial charge >= 0.3 is 0 Å². The summed E-state index contributed by atoms with van der Waals surface area (Å²) >= 11 is 0. The molecule has 1 aromatic heterocycles. The lowest BCUT2D eigenvalue weighted by Gasteiger charge is -2.21. The first-order valence-electron chi connectivity index (χ1n) is 15.0. The Hall–Kier alpha value is -4.35. The van der Waals surface area contributed by atoms with Crippen LogP contribution in [0.15, 0.2) is 65.9 Å². The summed E-state index contributed by atoms with van der Waals surface area (Å²) in [4.78, 5) is 9.12. The molecule has 0 amide bonds. The predicted octanol–water partition coefficient (Wildman–Crippen LogP) is 8.09. The molecule has 1 N–H and O–H groups in total. The Morgan fingerprint density at radius 3 is 2.63 bits per heavy atom. The van der Waals surface area contributed by atoms with Gasteiger partial charge in [-0.1, -0.05) is 32.8 Å². The number of aromatic nitrogens is 2. The maximum absolute atomic E-state index is 6.45. The minimum Gasteiger partial charge on any atom is -0.490 e. The van der Waals surface area contributed by atoms with Gasteiger partial charge in [-0.15, -0.1) is 12.3 Å². The summed E-state index contributed by atoms with van der Waals surface area (Å²) in [7, 11) is 0. The first-order chi connectivity index (χ1) is 20.9. The molecule has 0 saturated heterocycles. The first-order valence-corrected chi connectivity index (χ1v) is 15.0. The second-order valence-electron chi connectivity index (χ2n) is 10.2. The molecular formula is C35H45N5O3. The topological polar surface area (TPSA) is 81.1 Å². The molecule has 0 spiro atoms. The Kier molecular flexibility index (Phi) is 13.5. The summed E-state index contributed by atoms with van der Waals surface area (Å²) in [5, 5.41) is 10.5. The van der Waals surface area contributed by atoms with E-state index in [1.54, 1.807) is 19.5 Å². The molecule has 2 heterocycles. The lowest BCUT2D eigenvalue weighted by molar-refractivity contribution is 0.0145. The number of nitrogens with zero attached hydrogens (tertiary/aromatic N) is 4. The van der Waals surface area contributed by atoms with Crippen LogP contribution in [0.2, 0.25) is 0 Å². The Morgan fingerprint density at radius 1 is 1.14 bits per heavy atom. The molecule has 0 aliphatic carbocycles. The van der Waals surface area contributed by atoms with E-state index in [4.69, 9.17) is 14.2 Å². The lowest BCUT2D eigenvalue weighted by Crippen LogP contribution is -2.22. The summed E-state index contributed by atoms with van der Waals surface area (Å²) in [6.45, 7) is 13.9. The van der Waals surface area contributed by atoms with Gasteiger partial charge in [-0.25, -0.2) is 9.97 Å². The van der Waals surface area contributed by atoms with Crippen molar-refractivity contribution in [3.8, 4) is 23.8 Å². The third kappa shape index (κ3) is 9.86. The number of hydrazone groups is 1. The van der Waals surface area contributed by atoms with Crippen molar-refractivity contribution >= 4 is 28.6 Å². The molecule has 1 aliphatic rings. The summed E-state index contributed by atoms with van der Waals surface area (Å²) in [5.41, 5.74) is 3.77. The fraction of sp³-hybridized carbons (Fsp3) is 0.400. The number of nitrogens with one attached hydrogen (secondary N) is 1. The molecule has 8 nitrogen and oxygen atoms in total. The minimum absolute atomic E-state index is 0.0577. The zero-order valence-corrected chi connectivity index (χ0v) is 26.4. The van der Waals surface area contributed by atoms with Gasteiger partial charge in [0.15, 0.2) is 0 Å². The van der Waals surface area contributed by atoms with Crippen molar-refractivity contribution in [2.45, 2.75) is 73.3 Å². The van der Waals surface area contributed by atoms with Crippen molar-refractivity contribution in [2.24, 2.45) is 5.10 Å². The van der Waals surface area contributed by atoms with Crippen molar-refractivity contribution in [3.05, 3.63) is 71.9 Å². The number of allylic oxidation sites excluding steroid dienone is 1. The summed E-state index contributed by atoms with van der Waals surface area (Å²) in [6, 6.07) is 10.1. The number of rotatable bonds is 14. The smallest absolute Gasteiger partial charge is 0.145 e. The predicted molar refractivity (Wildman–Crippen MR) is 177 cm³/mol. The average Bonchev–Trinajstić information content (AvgIpc) is 3.00. The van der Waals surface area contributed by atoms with Gasteiger partial charge in [-0.2, -0.15) is 5.10 Å². The Bertz CT molecular complexity index is 1450. The Morgan fingerprint density at radius 2 is 1.95 bits per heavy atom. The van der Waals surface area contributed by atoms with Crippen LogP contribution in [0.4, 0.5) is 11.5 Å². The van der Waals surface area contributed by atoms with Crippen LogP contribution in [0.5, 0.6) is 11.5 Å². The largest absolute Gasteiger partial charge is 0.490 e. The number of unbranched alkanes of at least 4 members (excludes halogenated alkanes) is 1. The second kappa shape index (κ2) is 17.6. The average molecular weight is 584 g/mol. The van der Waals surface area contributed by atoms with Crippen LogP contribution in [0.25, 0.3) is 10.9 Å². The third-order valence-electron chi connectivity index (χ3n) is 6.62. The number of hydrogen-bond acceptors (Lipinski definition) is 8. The van der Waals surface area contributed by atoms with Gasteiger partial charge in [0.05, 0.1) is 23.6 Å². The molecule has 3 aromatic rings. The highest BCUT2D eigenvalue weighted by molar-refractivity contribution is 5.96. The lowest BCUT2D eigenvalue weighted by atomic mass is 10.1. The Balaban J connectivity index is 0.00000162. The number of benzene rings is 2. The maximum Gasteiger partial charge on any atom is 0.145 e. The van der Waals surface area contributed by atoms with Crippen molar-refractivity contribution in [3.63, 3.8) is 0 Å². The highest BCUT2D eigenvalue weighted by atomic mass is 16.5. The van der Waals surface area contributed by atoms with Gasteiger partial charge in [0.25, 0.3) is 0 Å². The highest BCUT2D eigenvalue weighted by Gasteiger charge is 2.17. The fourth-order valence-electron chi connectivity index (χ4n) is 4.50. The number of fused-ring (bicyclic) bond motifs is 1. The third-order valence-corrected chi connectivity index (χ3v) is 6.62. The van der Waals surface area contributed by atoms with E-state index in [2.05, 4.69) is 59.6 Å². The van der Waals surface area contributed by atoms with E-state index < -0.39 is 0 Å². The zero-order chi connectivity index (χ0) is 31.0. The molecule has 1 atom stereocenters. The van der Waals surface area contributed by atoms with Crippen molar-refractivity contribution in [1.82, 2.24) is 15.0 Å². The molecule has 4 rings (SSSR count). The molecule has 8 heteroatoms. The summed E-state index contributed by atoms with van der Waals surface area (Å²) in [6.07, 6.45) is 18.0. The van der Waals surface area contributed by atoms with Gasteiger partial charge in [0.2, 0.25) is 0 Å². The van der Waals surface area contributed by atoms with Crippen molar-refractivity contribution in [1.29, 1.82) is 0 Å². The molecule has 0 fully saturated rings. The van der Waals surface area contributed by atoms with Crippen molar-refractivity contribution < 1.29 is 14.2 Å². The van der Waals surface area contributed by atoms with Gasteiger partial charge in [-0.05, 0) is 88.1 Å². The van der Waals surface area contributed by atoms with E-state index in [9.17, 15) is 0 Å². The number of hydrogen-bond donors (Lipinski definition) is 1. The molecule has 0 bridgehead atoms. The van der Waals surface area contributed by atoms with E-state index in [1.165, 1.54) is 0 Å². The molecule has 1 aliphatic heterocycles. The van der Waals surface area contributed by atoms with Crippen LogP contribution in [-0.2, 0) is 4.74 Å². The van der Waals surface area contributed by atoms with E-state index in [0.717, 1.165) is 77.3 Å².